The van der Waals surface area contributed by atoms with Gasteiger partial charge in [0.2, 0.25) is 0 Å². The Morgan fingerprint density at radius 2 is 1.94 bits per heavy atom. The van der Waals surface area contributed by atoms with Gasteiger partial charge in [0.1, 0.15) is 5.60 Å². The lowest BCUT2D eigenvalue weighted by atomic mass is 9.81. The standard InChI is InChI=1S/C13H15Cl2O/c1-9(10-2-3-10)13(16,8-14)11-4-6-12(15)7-5-11/h4-10,16H,2-3H2,1H3. The average molecular weight is 258 g/mol. The number of rotatable bonds is 4. The molecule has 3 heteroatoms. The first-order valence-corrected chi connectivity index (χ1v) is 6.32. The molecule has 0 aromatic heterocycles. The predicted molar refractivity (Wildman–Crippen MR) is 67.4 cm³/mol. The third kappa shape index (κ3) is 2.22. The van der Waals surface area contributed by atoms with E-state index in [1.54, 1.807) is 12.1 Å². The van der Waals surface area contributed by atoms with Crippen LogP contribution in [0.4, 0.5) is 0 Å². The zero-order valence-electron chi connectivity index (χ0n) is 9.16. The van der Waals surface area contributed by atoms with Crippen molar-refractivity contribution in [1.29, 1.82) is 0 Å². The predicted octanol–water partition coefficient (Wildman–Crippen LogP) is 3.97. The summed E-state index contributed by atoms with van der Waals surface area (Å²) in [5, 5.41) is 11.3. The fraction of sp³-hybridized carbons (Fsp3) is 0.462. The van der Waals surface area contributed by atoms with Gasteiger partial charge in [0, 0.05) is 5.02 Å². The second-order valence-electron chi connectivity index (χ2n) is 4.57. The molecule has 1 aromatic carbocycles. The van der Waals surface area contributed by atoms with Crippen molar-refractivity contribution in [3.05, 3.63) is 40.7 Å². The molecule has 1 radical (unpaired) electrons. The van der Waals surface area contributed by atoms with E-state index in [1.807, 2.05) is 19.1 Å². The fourth-order valence-corrected chi connectivity index (χ4v) is 2.55. The highest BCUT2D eigenvalue weighted by atomic mass is 35.5. The van der Waals surface area contributed by atoms with Crippen LogP contribution in [-0.4, -0.2) is 5.11 Å². The van der Waals surface area contributed by atoms with E-state index in [-0.39, 0.29) is 5.92 Å². The molecular formula is C13H15Cl2O. The summed E-state index contributed by atoms with van der Waals surface area (Å²) < 4.78 is 0. The van der Waals surface area contributed by atoms with Gasteiger partial charge in [-0.1, -0.05) is 30.7 Å². The maximum atomic E-state index is 10.6. The van der Waals surface area contributed by atoms with Gasteiger partial charge in [-0.15, -0.1) is 11.6 Å². The molecule has 0 saturated heterocycles. The van der Waals surface area contributed by atoms with Crippen LogP contribution in [0.2, 0.25) is 5.02 Å². The van der Waals surface area contributed by atoms with Gasteiger partial charge in [-0.2, -0.15) is 0 Å². The summed E-state index contributed by atoms with van der Waals surface area (Å²) in [6, 6.07) is 7.23. The Bertz CT molecular complexity index is 359. The Balaban J connectivity index is 2.28. The number of benzene rings is 1. The number of aliphatic hydroxyl groups is 1. The molecular weight excluding hydrogens is 243 g/mol. The summed E-state index contributed by atoms with van der Waals surface area (Å²) in [5.41, 5.74) is -0.237. The monoisotopic (exact) mass is 257 g/mol. The molecule has 0 aliphatic heterocycles. The van der Waals surface area contributed by atoms with Gasteiger partial charge < -0.3 is 5.11 Å². The third-order valence-electron chi connectivity index (χ3n) is 3.50. The smallest absolute Gasteiger partial charge is 0.110 e. The van der Waals surface area contributed by atoms with Crippen molar-refractivity contribution in [2.75, 3.05) is 0 Å². The van der Waals surface area contributed by atoms with E-state index in [1.165, 1.54) is 18.7 Å². The Kier molecular flexibility index (Phi) is 3.48. The Morgan fingerprint density at radius 3 is 2.38 bits per heavy atom. The summed E-state index contributed by atoms with van der Waals surface area (Å²) in [4.78, 5) is 0. The van der Waals surface area contributed by atoms with E-state index in [9.17, 15) is 5.11 Å². The van der Waals surface area contributed by atoms with Crippen molar-refractivity contribution in [3.8, 4) is 0 Å². The quantitative estimate of drug-likeness (QED) is 0.866. The molecule has 0 spiro atoms. The average Bonchev–Trinajstić information content (AvgIpc) is 3.12. The van der Waals surface area contributed by atoms with Crippen LogP contribution < -0.4 is 0 Å². The lowest BCUT2D eigenvalue weighted by molar-refractivity contribution is 0.0140. The van der Waals surface area contributed by atoms with Crippen LogP contribution in [0.1, 0.15) is 25.3 Å². The third-order valence-corrected chi connectivity index (χ3v) is 4.08. The molecule has 1 aliphatic carbocycles. The first-order chi connectivity index (χ1) is 7.58. The molecule has 16 heavy (non-hydrogen) atoms. The molecule has 1 fully saturated rings. The van der Waals surface area contributed by atoms with Gasteiger partial charge in [-0.25, -0.2) is 0 Å². The zero-order valence-corrected chi connectivity index (χ0v) is 10.7. The second kappa shape index (κ2) is 4.56. The van der Waals surface area contributed by atoms with Crippen molar-refractivity contribution < 1.29 is 5.11 Å². The van der Waals surface area contributed by atoms with Crippen LogP contribution in [0, 0.1) is 17.7 Å². The summed E-state index contributed by atoms with van der Waals surface area (Å²) in [7, 11) is 0. The fourth-order valence-electron chi connectivity index (χ4n) is 2.10. The van der Waals surface area contributed by atoms with Crippen molar-refractivity contribution >= 4 is 23.2 Å². The second-order valence-corrected chi connectivity index (χ2v) is 5.22. The van der Waals surface area contributed by atoms with Crippen LogP contribution in [0.3, 0.4) is 0 Å². The molecule has 1 nitrogen and oxygen atoms in total. The lowest BCUT2D eigenvalue weighted by Gasteiger charge is -2.32. The molecule has 0 bridgehead atoms. The zero-order chi connectivity index (χ0) is 11.8. The van der Waals surface area contributed by atoms with Crippen LogP contribution in [-0.2, 0) is 5.60 Å². The highest BCUT2D eigenvalue weighted by molar-refractivity contribution is 6.30. The van der Waals surface area contributed by atoms with Gasteiger partial charge in [-0.3, -0.25) is 0 Å². The summed E-state index contributed by atoms with van der Waals surface area (Å²) in [6.07, 6.45) is 2.36. The van der Waals surface area contributed by atoms with Gasteiger partial charge in [0.15, 0.2) is 0 Å². The van der Waals surface area contributed by atoms with E-state index in [2.05, 4.69) is 0 Å². The Labute approximate surface area is 106 Å². The molecule has 1 aromatic rings. The van der Waals surface area contributed by atoms with Crippen molar-refractivity contribution in [1.82, 2.24) is 0 Å². The highest BCUT2D eigenvalue weighted by Gasteiger charge is 2.43. The first-order valence-electron chi connectivity index (χ1n) is 5.51. The molecule has 1 N–H and O–H groups in total. The Hall–Kier alpha value is -0.240. The van der Waals surface area contributed by atoms with E-state index in [0.717, 1.165) is 5.56 Å². The summed E-state index contributed by atoms with van der Waals surface area (Å²) in [5.74, 6) is 2.10. The minimum absolute atomic E-state index is 0.145. The maximum Gasteiger partial charge on any atom is 0.110 e. The van der Waals surface area contributed by atoms with E-state index >= 15 is 0 Å². The maximum absolute atomic E-state index is 10.6. The molecule has 0 heterocycles. The molecule has 87 valence electrons. The molecule has 1 aliphatic rings. The molecule has 0 amide bonds. The van der Waals surface area contributed by atoms with Gasteiger partial charge in [0.05, 0.1) is 5.88 Å². The van der Waals surface area contributed by atoms with E-state index < -0.39 is 5.60 Å². The molecule has 1 saturated carbocycles. The highest BCUT2D eigenvalue weighted by Crippen LogP contribution is 2.47. The van der Waals surface area contributed by atoms with E-state index in [0.29, 0.717) is 10.9 Å². The van der Waals surface area contributed by atoms with Crippen molar-refractivity contribution in [3.63, 3.8) is 0 Å². The molecule has 2 atom stereocenters. The topological polar surface area (TPSA) is 20.2 Å². The van der Waals surface area contributed by atoms with Crippen molar-refractivity contribution in [2.24, 2.45) is 11.8 Å². The van der Waals surface area contributed by atoms with E-state index in [4.69, 9.17) is 23.2 Å². The normalized spacial score (nSPS) is 21.5. The summed E-state index contributed by atoms with van der Waals surface area (Å²) >= 11 is 11.7. The van der Waals surface area contributed by atoms with Crippen LogP contribution >= 0.6 is 23.2 Å². The van der Waals surface area contributed by atoms with Crippen molar-refractivity contribution in [2.45, 2.75) is 25.4 Å². The lowest BCUT2D eigenvalue weighted by Crippen LogP contribution is -2.34. The first kappa shape index (κ1) is 12.2. The number of hydrogen-bond donors (Lipinski definition) is 1. The number of halogens is 2. The van der Waals surface area contributed by atoms with Gasteiger partial charge in [-0.05, 0) is 42.4 Å². The van der Waals surface area contributed by atoms with Crippen LogP contribution in [0.5, 0.6) is 0 Å². The largest absolute Gasteiger partial charge is 0.383 e. The molecule has 2 rings (SSSR count). The van der Waals surface area contributed by atoms with Gasteiger partial charge in [0.25, 0.3) is 0 Å². The minimum atomic E-state index is -1.05. The number of hydrogen-bond acceptors (Lipinski definition) is 1. The Morgan fingerprint density at radius 1 is 1.38 bits per heavy atom. The minimum Gasteiger partial charge on any atom is -0.383 e. The molecule has 2 unspecified atom stereocenters. The summed E-state index contributed by atoms with van der Waals surface area (Å²) in [6.45, 7) is 2.05. The van der Waals surface area contributed by atoms with Gasteiger partial charge >= 0.3 is 0 Å². The van der Waals surface area contributed by atoms with Crippen LogP contribution in [0.25, 0.3) is 0 Å². The van der Waals surface area contributed by atoms with Crippen LogP contribution in [0.15, 0.2) is 24.3 Å². The SMILES string of the molecule is CC(C1CC1)C(O)([CH]Cl)c1ccc(Cl)cc1.